The zero-order valence-electron chi connectivity index (χ0n) is 6.72. The van der Waals surface area contributed by atoms with Crippen LogP contribution < -0.4 is 0 Å². The average molecular weight is 172 g/mol. The molecule has 12 heavy (non-hydrogen) atoms. The highest BCUT2D eigenvalue weighted by atomic mass is 19.3. The Morgan fingerprint density at radius 2 is 2.08 bits per heavy atom. The van der Waals surface area contributed by atoms with Crippen LogP contribution in [0.3, 0.4) is 0 Å². The van der Waals surface area contributed by atoms with Crippen molar-refractivity contribution >= 4 is 0 Å². The van der Waals surface area contributed by atoms with Gasteiger partial charge in [-0.05, 0) is 24.1 Å². The van der Waals surface area contributed by atoms with Gasteiger partial charge in [0.2, 0.25) is 6.43 Å². The van der Waals surface area contributed by atoms with Crippen LogP contribution in [0.5, 0.6) is 5.75 Å². The molecule has 0 aliphatic heterocycles. The van der Waals surface area contributed by atoms with Crippen molar-refractivity contribution in [2.24, 2.45) is 0 Å². The molecule has 0 saturated carbocycles. The lowest BCUT2D eigenvalue weighted by Crippen LogP contribution is -1.96. The van der Waals surface area contributed by atoms with Crippen LogP contribution in [0, 0.1) is 6.92 Å². The highest BCUT2D eigenvalue weighted by Gasteiger charge is 2.08. The summed E-state index contributed by atoms with van der Waals surface area (Å²) in [4.78, 5) is 0. The van der Waals surface area contributed by atoms with Gasteiger partial charge in [-0.15, -0.1) is 0 Å². The van der Waals surface area contributed by atoms with E-state index in [1.807, 2.05) is 0 Å². The van der Waals surface area contributed by atoms with Gasteiger partial charge in [0.05, 0.1) is 0 Å². The third kappa shape index (κ3) is 2.19. The number of alkyl halides is 2. The van der Waals surface area contributed by atoms with Gasteiger partial charge in [0, 0.05) is 6.42 Å². The molecule has 0 aliphatic carbocycles. The normalized spacial score (nSPS) is 10.7. The van der Waals surface area contributed by atoms with E-state index in [-0.39, 0.29) is 12.2 Å². The average Bonchev–Trinajstić information content (AvgIpc) is 1.94. The zero-order valence-corrected chi connectivity index (χ0v) is 6.72. The van der Waals surface area contributed by atoms with Crippen LogP contribution in [0.2, 0.25) is 0 Å². The largest absolute Gasteiger partial charge is 0.508 e. The molecule has 0 aliphatic rings. The lowest BCUT2D eigenvalue weighted by molar-refractivity contribution is 0.148. The summed E-state index contributed by atoms with van der Waals surface area (Å²) in [6.45, 7) is 1.80. The summed E-state index contributed by atoms with van der Waals surface area (Å²) in [6, 6.07) is 4.71. The maximum atomic E-state index is 11.9. The van der Waals surface area contributed by atoms with Crippen molar-refractivity contribution < 1.29 is 13.9 Å². The maximum absolute atomic E-state index is 11.9. The molecular weight excluding hydrogens is 162 g/mol. The Bertz CT molecular complexity index is 271. The van der Waals surface area contributed by atoms with Crippen LogP contribution in [0.15, 0.2) is 18.2 Å². The smallest absolute Gasteiger partial charge is 0.242 e. The minimum absolute atomic E-state index is 0.0460. The van der Waals surface area contributed by atoms with Crippen molar-refractivity contribution in [2.45, 2.75) is 19.8 Å². The summed E-state index contributed by atoms with van der Waals surface area (Å²) >= 11 is 0. The van der Waals surface area contributed by atoms with Gasteiger partial charge in [-0.1, -0.05) is 12.1 Å². The van der Waals surface area contributed by atoms with Crippen LogP contribution in [-0.2, 0) is 6.42 Å². The molecule has 66 valence electrons. The number of phenols is 1. The van der Waals surface area contributed by atoms with Crippen molar-refractivity contribution in [1.82, 2.24) is 0 Å². The molecule has 0 amide bonds. The number of aromatic hydroxyl groups is 1. The van der Waals surface area contributed by atoms with Gasteiger partial charge < -0.3 is 5.11 Å². The van der Waals surface area contributed by atoms with Gasteiger partial charge in [-0.2, -0.15) is 0 Å². The summed E-state index contributed by atoms with van der Waals surface area (Å²) in [7, 11) is 0. The molecule has 0 heterocycles. The quantitative estimate of drug-likeness (QED) is 0.726. The van der Waals surface area contributed by atoms with Crippen molar-refractivity contribution in [3.05, 3.63) is 29.3 Å². The Morgan fingerprint density at radius 1 is 1.42 bits per heavy atom. The van der Waals surface area contributed by atoms with Crippen LogP contribution in [0.25, 0.3) is 0 Å². The first kappa shape index (κ1) is 8.97. The van der Waals surface area contributed by atoms with E-state index >= 15 is 0 Å². The minimum atomic E-state index is -2.40. The molecule has 0 saturated heterocycles. The molecule has 0 aromatic heterocycles. The summed E-state index contributed by atoms with van der Waals surface area (Å²) in [6.07, 6.45) is -2.79. The predicted molar refractivity (Wildman–Crippen MR) is 42.6 cm³/mol. The molecular formula is C9H10F2O. The fraction of sp³-hybridized carbons (Fsp3) is 0.333. The number of hydrogen-bond donors (Lipinski definition) is 1. The summed E-state index contributed by atoms with van der Waals surface area (Å²) in [5.41, 5.74) is 1.17. The van der Waals surface area contributed by atoms with Gasteiger partial charge in [-0.3, -0.25) is 0 Å². The van der Waals surface area contributed by atoms with Crippen LogP contribution in [0.1, 0.15) is 11.1 Å². The van der Waals surface area contributed by atoms with Crippen LogP contribution >= 0.6 is 0 Å². The first-order valence-corrected chi connectivity index (χ1v) is 3.66. The van der Waals surface area contributed by atoms with Crippen LogP contribution in [-0.4, -0.2) is 11.5 Å². The van der Waals surface area contributed by atoms with Gasteiger partial charge >= 0.3 is 0 Å². The van der Waals surface area contributed by atoms with Gasteiger partial charge in [-0.25, -0.2) is 8.78 Å². The standard InChI is InChI=1S/C9H10F2O/c1-6-2-3-7(5-9(10)11)8(12)4-6/h2-4,9,12H,5H2,1H3. The molecule has 1 nitrogen and oxygen atoms in total. The summed E-state index contributed by atoms with van der Waals surface area (Å²) in [5, 5.41) is 9.21. The van der Waals surface area contributed by atoms with Crippen molar-refractivity contribution in [1.29, 1.82) is 0 Å². The van der Waals surface area contributed by atoms with E-state index in [9.17, 15) is 13.9 Å². The number of benzene rings is 1. The van der Waals surface area contributed by atoms with Crippen molar-refractivity contribution in [3.63, 3.8) is 0 Å². The van der Waals surface area contributed by atoms with E-state index in [4.69, 9.17) is 0 Å². The SMILES string of the molecule is Cc1ccc(CC(F)F)c(O)c1. The number of rotatable bonds is 2. The molecule has 0 atom stereocenters. The lowest BCUT2D eigenvalue weighted by Gasteiger charge is -2.03. The van der Waals surface area contributed by atoms with E-state index in [2.05, 4.69) is 0 Å². The second-order valence-corrected chi connectivity index (χ2v) is 2.73. The first-order chi connectivity index (χ1) is 5.59. The molecule has 3 heteroatoms. The highest BCUT2D eigenvalue weighted by molar-refractivity contribution is 5.36. The van der Waals surface area contributed by atoms with Crippen molar-refractivity contribution in [3.8, 4) is 5.75 Å². The van der Waals surface area contributed by atoms with Gasteiger partial charge in [0.15, 0.2) is 0 Å². The van der Waals surface area contributed by atoms with E-state index in [1.165, 1.54) is 12.1 Å². The Morgan fingerprint density at radius 3 is 2.58 bits per heavy atom. The molecule has 1 N–H and O–H groups in total. The zero-order chi connectivity index (χ0) is 9.14. The molecule has 1 aromatic carbocycles. The fourth-order valence-corrected chi connectivity index (χ4v) is 1.01. The topological polar surface area (TPSA) is 20.2 Å². The molecule has 0 fully saturated rings. The Balaban J connectivity index is 2.86. The second kappa shape index (κ2) is 3.52. The van der Waals surface area contributed by atoms with Gasteiger partial charge in [0.25, 0.3) is 0 Å². The summed E-state index contributed by atoms with van der Waals surface area (Å²) < 4.78 is 23.8. The minimum Gasteiger partial charge on any atom is -0.508 e. The van der Waals surface area contributed by atoms with E-state index in [0.29, 0.717) is 5.56 Å². The molecule has 0 spiro atoms. The lowest BCUT2D eigenvalue weighted by atomic mass is 10.1. The Kier molecular flexibility index (Phi) is 2.63. The Hall–Kier alpha value is -1.12. The van der Waals surface area contributed by atoms with E-state index < -0.39 is 6.43 Å². The second-order valence-electron chi connectivity index (χ2n) is 2.73. The monoisotopic (exact) mass is 172 g/mol. The molecule has 1 aromatic rings. The third-order valence-corrected chi connectivity index (χ3v) is 1.62. The van der Waals surface area contributed by atoms with E-state index in [0.717, 1.165) is 5.56 Å². The van der Waals surface area contributed by atoms with Crippen molar-refractivity contribution in [2.75, 3.05) is 0 Å². The molecule has 0 radical (unpaired) electrons. The number of aryl methyl sites for hydroxylation is 1. The number of phenolic OH excluding ortho intramolecular Hbond substituents is 1. The predicted octanol–water partition coefficient (Wildman–Crippen LogP) is 2.51. The molecule has 0 bridgehead atoms. The van der Waals surface area contributed by atoms with Gasteiger partial charge in [0.1, 0.15) is 5.75 Å². The number of halogens is 2. The van der Waals surface area contributed by atoms with E-state index in [1.54, 1.807) is 13.0 Å². The maximum Gasteiger partial charge on any atom is 0.242 e. The van der Waals surface area contributed by atoms with Crippen LogP contribution in [0.4, 0.5) is 8.78 Å². The fourth-order valence-electron chi connectivity index (χ4n) is 1.01. The Labute approximate surface area is 69.7 Å². The molecule has 1 rings (SSSR count). The highest BCUT2D eigenvalue weighted by Crippen LogP contribution is 2.20. The molecule has 0 unspecified atom stereocenters. The number of hydrogen-bond acceptors (Lipinski definition) is 1. The summed E-state index contributed by atoms with van der Waals surface area (Å²) in [5.74, 6) is -0.0460. The third-order valence-electron chi connectivity index (χ3n) is 1.62. The first-order valence-electron chi connectivity index (χ1n) is 3.66.